The maximum atomic E-state index is 12.9. The van der Waals surface area contributed by atoms with E-state index in [0.29, 0.717) is 39.3 Å². The second-order valence-electron chi connectivity index (χ2n) is 7.21. The van der Waals surface area contributed by atoms with Gasteiger partial charge in [-0.25, -0.2) is 4.79 Å². The van der Waals surface area contributed by atoms with Crippen LogP contribution in [-0.2, 0) is 19.0 Å². The van der Waals surface area contributed by atoms with Crippen molar-refractivity contribution in [3.05, 3.63) is 0 Å². The van der Waals surface area contributed by atoms with Crippen LogP contribution in [0, 0.1) is 0 Å². The fraction of sp³-hybridized carbons (Fsp3) is 0.882. The molecule has 2 aliphatic rings. The van der Waals surface area contributed by atoms with E-state index in [2.05, 4.69) is 0 Å². The normalized spacial score (nSPS) is 21.9. The standard InChI is InChI=1S/C17H27F3N2O5/c1-16(2,17(18,19)20)27-12-14(23)22-6-4-3-5-13(22)11-26-15(24)21-7-9-25-10-8-21/h13H,3-12H2,1-2H3. The Labute approximate surface area is 156 Å². The van der Waals surface area contributed by atoms with Gasteiger partial charge in [-0.15, -0.1) is 0 Å². The first-order valence-corrected chi connectivity index (χ1v) is 9.11. The summed E-state index contributed by atoms with van der Waals surface area (Å²) in [5, 5.41) is 0. The number of amides is 2. The van der Waals surface area contributed by atoms with Crippen molar-refractivity contribution >= 4 is 12.0 Å². The lowest BCUT2D eigenvalue weighted by Gasteiger charge is -2.37. The molecule has 1 atom stereocenters. The van der Waals surface area contributed by atoms with Crippen LogP contribution in [0.3, 0.4) is 0 Å². The van der Waals surface area contributed by atoms with Crippen molar-refractivity contribution in [3.8, 4) is 0 Å². The number of hydrogen-bond donors (Lipinski definition) is 0. The fourth-order valence-electron chi connectivity index (χ4n) is 2.91. The third-order valence-electron chi connectivity index (χ3n) is 4.86. The van der Waals surface area contributed by atoms with Gasteiger partial charge in [0.1, 0.15) is 13.2 Å². The number of alkyl halides is 3. The molecule has 2 saturated heterocycles. The van der Waals surface area contributed by atoms with E-state index in [1.54, 1.807) is 0 Å². The van der Waals surface area contributed by atoms with Crippen LogP contribution in [0.5, 0.6) is 0 Å². The summed E-state index contributed by atoms with van der Waals surface area (Å²) in [4.78, 5) is 27.5. The number of morpholine rings is 1. The molecule has 156 valence electrons. The van der Waals surface area contributed by atoms with Crippen LogP contribution in [0.4, 0.5) is 18.0 Å². The van der Waals surface area contributed by atoms with Gasteiger partial charge in [0.05, 0.1) is 19.3 Å². The Morgan fingerprint density at radius 2 is 1.78 bits per heavy atom. The molecule has 2 rings (SSSR count). The van der Waals surface area contributed by atoms with Gasteiger partial charge in [-0.2, -0.15) is 13.2 Å². The molecule has 0 bridgehead atoms. The van der Waals surface area contributed by atoms with Crippen molar-refractivity contribution < 1.29 is 37.0 Å². The second kappa shape index (κ2) is 9.09. The van der Waals surface area contributed by atoms with Crippen molar-refractivity contribution in [2.24, 2.45) is 0 Å². The van der Waals surface area contributed by atoms with Gasteiger partial charge in [0, 0.05) is 19.6 Å². The number of rotatable bonds is 5. The van der Waals surface area contributed by atoms with Gasteiger partial charge < -0.3 is 24.0 Å². The van der Waals surface area contributed by atoms with Gasteiger partial charge >= 0.3 is 12.3 Å². The quantitative estimate of drug-likeness (QED) is 0.713. The molecular formula is C17H27F3N2O5. The third kappa shape index (κ3) is 5.97. The van der Waals surface area contributed by atoms with E-state index in [0.717, 1.165) is 26.7 Å². The summed E-state index contributed by atoms with van der Waals surface area (Å²) < 4.78 is 53.9. The molecule has 2 fully saturated rings. The fourth-order valence-corrected chi connectivity index (χ4v) is 2.91. The van der Waals surface area contributed by atoms with Gasteiger partial charge in [0.25, 0.3) is 0 Å². The topological polar surface area (TPSA) is 68.3 Å². The molecule has 2 amide bonds. The summed E-state index contributed by atoms with van der Waals surface area (Å²) >= 11 is 0. The lowest BCUT2D eigenvalue weighted by atomic mass is 10.0. The summed E-state index contributed by atoms with van der Waals surface area (Å²) in [7, 11) is 0. The molecular weight excluding hydrogens is 369 g/mol. The second-order valence-corrected chi connectivity index (χ2v) is 7.21. The van der Waals surface area contributed by atoms with Crippen molar-refractivity contribution in [2.45, 2.75) is 50.9 Å². The zero-order valence-corrected chi connectivity index (χ0v) is 15.7. The number of halogens is 3. The van der Waals surface area contributed by atoms with Crippen LogP contribution < -0.4 is 0 Å². The smallest absolute Gasteiger partial charge is 0.416 e. The number of nitrogens with zero attached hydrogens (tertiary/aromatic N) is 2. The lowest BCUT2D eigenvalue weighted by molar-refractivity contribution is -0.262. The Kier molecular flexibility index (Phi) is 7.32. The van der Waals surface area contributed by atoms with Gasteiger partial charge in [0.15, 0.2) is 5.60 Å². The maximum absolute atomic E-state index is 12.9. The summed E-state index contributed by atoms with van der Waals surface area (Å²) in [6.07, 6.45) is -2.79. The molecule has 7 nitrogen and oxygen atoms in total. The Bertz CT molecular complexity index is 521. The number of carbonyl (C=O) groups excluding carboxylic acids is 2. The predicted octanol–water partition coefficient (Wildman–Crippen LogP) is 2.19. The molecule has 2 heterocycles. The number of piperidine rings is 1. The van der Waals surface area contributed by atoms with Crippen LogP contribution in [0.15, 0.2) is 0 Å². The van der Waals surface area contributed by atoms with Gasteiger partial charge in [-0.1, -0.05) is 0 Å². The molecule has 0 aromatic carbocycles. The molecule has 0 aromatic rings. The minimum atomic E-state index is -4.57. The summed E-state index contributed by atoms with van der Waals surface area (Å²) in [5.74, 6) is -0.528. The SMILES string of the molecule is CC(C)(OCC(=O)N1CCCCC1COC(=O)N1CCOCC1)C(F)(F)F. The molecule has 0 aromatic heterocycles. The third-order valence-corrected chi connectivity index (χ3v) is 4.86. The molecule has 0 N–H and O–H groups in total. The van der Waals surface area contributed by atoms with E-state index >= 15 is 0 Å². The highest BCUT2D eigenvalue weighted by atomic mass is 19.4. The molecule has 0 radical (unpaired) electrons. The highest BCUT2D eigenvalue weighted by Gasteiger charge is 2.49. The predicted molar refractivity (Wildman–Crippen MR) is 89.2 cm³/mol. The highest BCUT2D eigenvalue weighted by molar-refractivity contribution is 5.78. The summed E-state index contributed by atoms with van der Waals surface area (Å²) in [5.41, 5.74) is -2.41. The number of ether oxygens (including phenoxy) is 3. The Morgan fingerprint density at radius 1 is 1.11 bits per heavy atom. The van der Waals surface area contributed by atoms with Crippen LogP contribution >= 0.6 is 0 Å². The monoisotopic (exact) mass is 396 g/mol. The van der Waals surface area contributed by atoms with Gasteiger partial charge in [-0.3, -0.25) is 4.79 Å². The average Bonchev–Trinajstić information content (AvgIpc) is 2.64. The maximum Gasteiger partial charge on any atom is 0.416 e. The zero-order valence-electron chi connectivity index (χ0n) is 15.7. The molecule has 1 unspecified atom stereocenters. The largest absolute Gasteiger partial charge is 0.447 e. The Morgan fingerprint density at radius 3 is 2.41 bits per heavy atom. The van der Waals surface area contributed by atoms with E-state index in [1.165, 1.54) is 9.80 Å². The van der Waals surface area contributed by atoms with E-state index < -0.39 is 30.4 Å². The van der Waals surface area contributed by atoms with E-state index in [-0.39, 0.29) is 12.6 Å². The number of hydrogen-bond acceptors (Lipinski definition) is 5. The van der Waals surface area contributed by atoms with Crippen molar-refractivity contribution in [1.82, 2.24) is 9.80 Å². The van der Waals surface area contributed by atoms with Crippen molar-refractivity contribution in [2.75, 3.05) is 46.1 Å². The van der Waals surface area contributed by atoms with Gasteiger partial charge in [-0.05, 0) is 33.1 Å². The minimum Gasteiger partial charge on any atom is -0.447 e. The number of carbonyl (C=O) groups is 2. The van der Waals surface area contributed by atoms with Crippen LogP contribution in [-0.4, -0.2) is 85.7 Å². The van der Waals surface area contributed by atoms with Crippen molar-refractivity contribution in [1.29, 1.82) is 0 Å². The van der Waals surface area contributed by atoms with E-state index in [4.69, 9.17) is 14.2 Å². The van der Waals surface area contributed by atoms with Crippen molar-refractivity contribution in [3.63, 3.8) is 0 Å². The van der Waals surface area contributed by atoms with E-state index in [1.807, 2.05) is 0 Å². The first-order chi connectivity index (χ1) is 12.6. The van der Waals surface area contributed by atoms with Crippen LogP contribution in [0.25, 0.3) is 0 Å². The van der Waals surface area contributed by atoms with Crippen LogP contribution in [0.2, 0.25) is 0 Å². The average molecular weight is 396 g/mol. The Hall–Kier alpha value is -1.55. The van der Waals surface area contributed by atoms with Crippen LogP contribution in [0.1, 0.15) is 33.1 Å². The molecule has 2 aliphatic heterocycles. The summed E-state index contributed by atoms with van der Waals surface area (Å²) in [6.45, 7) is 3.35. The first-order valence-electron chi connectivity index (χ1n) is 9.11. The highest BCUT2D eigenvalue weighted by Crippen LogP contribution is 2.33. The first kappa shape index (κ1) is 21.7. The van der Waals surface area contributed by atoms with E-state index in [9.17, 15) is 22.8 Å². The zero-order chi connectivity index (χ0) is 20.1. The molecule has 0 saturated carbocycles. The number of likely N-dealkylation sites (tertiary alicyclic amines) is 1. The molecule has 27 heavy (non-hydrogen) atoms. The molecule has 0 spiro atoms. The lowest BCUT2D eigenvalue weighted by Crippen LogP contribution is -2.50. The molecule has 0 aliphatic carbocycles. The molecule has 10 heteroatoms. The minimum absolute atomic E-state index is 0.0184. The van der Waals surface area contributed by atoms with Gasteiger partial charge in [0.2, 0.25) is 5.91 Å². The summed E-state index contributed by atoms with van der Waals surface area (Å²) in [6, 6.07) is -0.353. The Balaban J connectivity index is 1.86.